The maximum atomic E-state index is 12.4. The van der Waals surface area contributed by atoms with Crippen molar-refractivity contribution in [3.8, 4) is 0 Å². The van der Waals surface area contributed by atoms with Gasteiger partial charge >= 0.3 is 0 Å². The van der Waals surface area contributed by atoms with Crippen molar-refractivity contribution in [3.05, 3.63) is 59.7 Å². The number of anilines is 1. The Labute approximate surface area is 139 Å². The molecule has 0 bridgehead atoms. The second-order valence-electron chi connectivity index (χ2n) is 6.83. The van der Waals surface area contributed by atoms with Gasteiger partial charge in [0.1, 0.15) is 0 Å². The molecule has 0 amide bonds. The zero-order chi connectivity index (χ0) is 17.1. The molecule has 0 aromatic heterocycles. The highest BCUT2D eigenvalue weighted by Gasteiger charge is 2.16. The fourth-order valence-corrected chi connectivity index (χ4v) is 3.43. The first-order chi connectivity index (χ1) is 10.7. The Hall–Kier alpha value is -1.81. The molecular formula is C19H25NO2S. The highest BCUT2D eigenvalue weighted by Crippen LogP contribution is 2.24. The average Bonchev–Trinajstić information content (AvgIpc) is 2.47. The summed E-state index contributed by atoms with van der Waals surface area (Å²) in [5.74, 6) is 0. The number of aryl methyl sites for hydroxylation is 1. The first-order valence-corrected chi connectivity index (χ1v) is 9.43. The van der Waals surface area contributed by atoms with Crippen LogP contribution in [0.2, 0.25) is 0 Å². The van der Waals surface area contributed by atoms with Gasteiger partial charge in [0.2, 0.25) is 0 Å². The van der Waals surface area contributed by atoms with E-state index in [1.54, 1.807) is 12.1 Å². The molecule has 0 unspecified atom stereocenters. The molecule has 0 aliphatic heterocycles. The van der Waals surface area contributed by atoms with Crippen molar-refractivity contribution in [2.75, 3.05) is 4.72 Å². The molecule has 0 saturated heterocycles. The van der Waals surface area contributed by atoms with Crippen molar-refractivity contribution in [2.24, 2.45) is 0 Å². The lowest BCUT2D eigenvalue weighted by Gasteiger charge is -2.19. The fourth-order valence-electron chi connectivity index (χ4n) is 2.38. The van der Waals surface area contributed by atoms with Gasteiger partial charge in [0.15, 0.2) is 0 Å². The van der Waals surface area contributed by atoms with Crippen molar-refractivity contribution in [1.82, 2.24) is 0 Å². The summed E-state index contributed by atoms with van der Waals surface area (Å²) in [7, 11) is -3.54. The normalized spacial score (nSPS) is 12.2. The molecule has 2 rings (SSSR count). The van der Waals surface area contributed by atoms with Crippen LogP contribution in [0.5, 0.6) is 0 Å². The van der Waals surface area contributed by atoms with Gasteiger partial charge in [-0.05, 0) is 47.2 Å². The van der Waals surface area contributed by atoms with E-state index in [1.165, 1.54) is 5.56 Å². The number of rotatable bonds is 5. The van der Waals surface area contributed by atoms with Gasteiger partial charge in [-0.3, -0.25) is 4.72 Å². The largest absolute Gasteiger partial charge is 0.280 e. The van der Waals surface area contributed by atoms with Crippen molar-refractivity contribution in [3.63, 3.8) is 0 Å². The Kier molecular flexibility index (Phi) is 5.15. The molecule has 1 N–H and O–H groups in total. The predicted octanol–water partition coefficient (Wildman–Crippen LogP) is 4.74. The first kappa shape index (κ1) is 17.5. The van der Waals surface area contributed by atoms with Gasteiger partial charge in [-0.15, -0.1) is 0 Å². The van der Waals surface area contributed by atoms with E-state index in [2.05, 4.69) is 32.4 Å². The van der Waals surface area contributed by atoms with Crippen LogP contribution in [0.15, 0.2) is 53.4 Å². The van der Waals surface area contributed by atoms with Gasteiger partial charge < -0.3 is 0 Å². The topological polar surface area (TPSA) is 46.2 Å². The van der Waals surface area contributed by atoms with Crippen LogP contribution >= 0.6 is 0 Å². The lowest BCUT2D eigenvalue weighted by Crippen LogP contribution is -2.14. The molecule has 4 heteroatoms. The van der Waals surface area contributed by atoms with Crippen LogP contribution in [0.3, 0.4) is 0 Å². The molecule has 2 aromatic rings. The number of nitrogens with one attached hydrogen (secondary N) is 1. The number of benzene rings is 2. The van der Waals surface area contributed by atoms with E-state index >= 15 is 0 Å². The highest BCUT2D eigenvalue weighted by molar-refractivity contribution is 7.92. The molecular weight excluding hydrogens is 306 g/mol. The van der Waals surface area contributed by atoms with Crippen molar-refractivity contribution in [2.45, 2.75) is 50.8 Å². The van der Waals surface area contributed by atoms with Crippen LogP contribution in [0.1, 0.15) is 45.2 Å². The van der Waals surface area contributed by atoms with Gasteiger partial charge in [0, 0.05) is 5.69 Å². The maximum absolute atomic E-state index is 12.4. The van der Waals surface area contributed by atoms with Crippen LogP contribution in [0, 0.1) is 0 Å². The maximum Gasteiger partial charge on any atom is 0.261 e. The smallest absolute Gasteiger partial charge is 0.261 e. The molecule has 0 radical (unpaired) electrons. The summed E-state index contributed by atoms with van der Waals surface area (Å²) >= 11 is 0. The van der Waals surface area contributed by atoms with Gasteiger partial charge in [-0.25, -0.2) is 8.42 Å². The van der Waals surface area contributed by atoms with E-state index in [4.69, 9.17) is 0 Å². The molecule has 0 spiro atoms. The zero-order valence-electron chi connectivity index (χ0n) is 14.3. The van der Waals surface area contributed by atoms with Crippen LogP contribution in [0.25, 0.3) is 0 Å². The lowest BCUT2D eigenvalue weighted by molar-refractivity contribution is 0.590. The molecule has 0 fully saturated rings. The van der Waals surface area contributed by atoms with Gasteiger partial charge in [0.25, 0.3) is 10.0 Å². The third-order valence-corrected chi connectivity index (χ3v) is 5.17. The molecule has 23 heavy (non-hydrogen) atoms. The van der Waals surface area contributed by atoms with Gasteiger partial charge in [-0.2, -0.15) is 0 Å². The van der Waals surface area contributed by atoms with E-state index in [9.17, 15) is 8.42 Å². The van der Waals surface area contributed by atoms with Crippen molar-refractivity contribution < 1.29 is 8.42 Å². The van der Waals surface area contributed by atoms with Crippen LogP contribution in [-0.2, 0) is 21.9 Å². The van der Waals surface area contributed by atoms with Crippen LogP contribution < -0.4 is 4.72 Å². The van der Waals surface area contributed by atoms with E-state index in [0.29, 0.717) is 5.69 Å². The molecule has 0 aliphatic rings. The molecule has 124 valence electrons. The summed E-state index contributed by atoms with van der Waals surface area (Å²) in [6.45, 7) is 8.49. The van der Waals surface area contributed by atoms with Crippen LogP contribution in [-0.4, -0.2) is 8.42 Å². The van der Waals surface area contributed by atoms with E-state index in [-0.39, 0.29) is 10.3 Å². The quantitative estimate of drug-likeness (QED) is 0.860. The Balaban J connectivity index is 2.17. The second kappa shape index (κ2) is 6.75. The minimum absolute atomic E-state index is 0.0481. The van der Waals surface area contributed by atoms with E-state index < -0.39 is 10.0 Å². The predicted molar refractivity (Wildman–Crippen MR) is 96.4 cm³/mol. The monoisotopic (exact) mass is 331 g/mol. The van der Waals surface area contributed by atoms with E-state index in [0.717, 1.165) is 18.4 Å². The number of sulfonamides is 1. The third-order valence-electron chi connectivity index (χ3n) is 3.78. The first-order valence-electron chi connectivity index (χ1n) is 7.94. The Morgan fingerprint density at radius 3 is 1.96 bits per heavy atom. The lowest BCUT2D eigenvalue weighted by atomic mass is 9.87. The summed E-state index contributed by atoms with van der Waals surface area (Å²) in [5.41, 5.74) is 2.95. The average molecular weight is 331 g/mol. The Bertz CT molecular complexity index is 739. The Morgan fingerprint density at radius 2 is 1.48 bits per heavy atom. The summed E-state index contributed by atoms with van der Waals surface area (Å²) in [6.07, 6.45) is 2.01. The summed E-state index contributed by atoms with van der Waals surface area (Å²) < 4.78 is 27.5. The molecule has 0 atom stereocenters. The standard InChI is InChI=1S/C19H25NO2S/c1-5-6-15-7-13-18(14-8-15)23(21,22)20-17-11-9-16(10-12-17)19(2,3)4/h7-14,20H,5-6H2,1-4H3. The van der Waals surface area contributed by atoms with Crippen LogP contribution in [0.4, 0.5) is 5.69 Å². The molecule has 0 heterocycles. The summed E-state index contributed by atoms with van der Waals surface area (Å²) in [5, 5.41) is 0. The minimum Gasteiger partial charge on any atom is -0.280 e. The zero-order valence-corrected chi connectivity index (χ0v) is 15.1. The molecule has 3 nitrogen and oxygen atoms in total. The molecule has 0 saturated carbocycles. The summed E-state index contributed by atoms with van der Waals surface area (Å²) in [4.78, 5) is 0.289. The third kappa shape index (κ3) is 4.58. The fraction of sp³-hybridized carbons (Fsp3) is 0.368. The minimum atomic E-state index is -3.54. The van der Waals surface area contributed by atoms with Crippen molar-refractivity contribution >= 4 is 15.7 Å². The van der Waals surface area contributed by atoms with Crippen molar-refractivity contribution in [1.29, 1.82) is 0 Å². The summed E-state index contributed by atoms with van der Waals surface area (Å²) in [6, 6.07) is 14.6. The van der Waals surface area contributed by atoms with Gasteiger partial charge in [-0.1, -0.05) is 58.4 Å². The molecule has 2 aromatic carbocycles. The Morgan fingerprint density at radius 1 is 0.913 bits per heavy atom. The van der Waals surface area contributed by atoms with Gasteiger partial charge in [0.05, 0.1) is 4.90 Å². The van der Waals surface area contributed by atoms with E-state index in [1.807, 2.05) is 36.4 Å². The number of hydrogen-bond acceptors (Lipinski definition) is 2. The number of hydrogen-bond donors (Lipinski definition) is 1. The highest BCUT2D eigenvalue weighted by atomic mass is 32.2. The molecule has 0 aliphatic carbocycles. The SMILES string of the molecule is CCCc1ccc(S(=O)(=O)Nc2ccc(C(C)(C)C)cc2)cc1. The second-order valence-corrected chi connectivity index (χ2v) is 8.51.